The zero-order valence-electron chi connectivity index (χ0n) is 8.93. The Labute approximate surface area is 88.7 Å². The van der Waals surface area contributed by atoms with Crippen LogP contribution in [0.25, 0.3) is 0 Å². The van der Waals surface area contributed by atoms with Crippen molar-refractivity contribution in [1.82, 2.24) is 0 Å². The summed E-state index contributed by atoms with van der Waals surface area (Å²) in [4.78, 5) is 21.8. The first kappa shape index (κ1) is 13.6. The van der Waals surface area contributed by atoms with Gasteiger partial charge in [0.2, 0.25) is 0 Å². The second-order valence-electron chi connectivity index (χ2n) is 2.98. The Morgan fingerprint density at radius 3 is 2.27 bits per heavy atom. The van der Waals surface area contributed by atoms with Gasteiger partial charge in [0.15, 0.2) is 0 Å². The predicted molar refractivity (Wildman–Crippen MR) is 53.0 cm³/mol. The van der Waals surface area contributed by atoms with Gasteiger partial charge >= 0.3 is 11.9 Å². The molecule has 0 aliphatic heterocycles. The summed E-state index contributed by atoms with van der Waals surface area (Å²) in [6, 6.07) is 0. The van der Waals surface area contributed by atoms with Gasteiger partial charge in [-0.2, -0.15) is 0 Å². The van der Waals surface area contributed by atoms with Crippen LogP contribution in [-0.4, -0.2) is 36.4 Å². The third kappa shape index (κ3) is 8.96. The molecule has 0 heterocycles. The molecule has 0 radical (unpaired) electrons. The molecule has 0 aromatic rings. The quantitative estimate of drug-likeness (QED) is 0.514. The van der Waals surface area contributed by atoms with Crippen molar-refractivity contribution in [1.29, 1.82) is 0 Å². The van der Waals surface area contributed by atoms with E-state index >= 15 is 0 Å². The van der Waals surface area contributed by atoms with Crippen LogP contribution < -0.4 is 0 Å². The molecule has 0 saturated heterocycles. The number of ether oxygens (including phenoxy) is 2. The molecule has 15 heavy (non-hydrogen) atoms. The third-order valence-electron chi connectivity index (χ3n) is 1.27. The highest BCUT2D eigenvalue weighted by atomic mass is 16.5. The first-order valence-electron chi connectivity index (χ1n) is 4.76. The molecule has 0 rings (SSSR count). The van der Waals surface area contributed by atoms with E-state index in [1.165, 1.54) is 6.92 Å². The second-order valence-corrected chi connectivity index (χ2v) is 2.98. The van der Waals surface area contributed by atoms with Crippen LogP contribution in [0, 0.1) is 0 Å². The van der Waals surface area contributed by atoms with Crippen molar-refractivity contribution in [3.8, 4) is 0 Å². The highest BCUT2D eigenvalue weighted by Gasteiger charge is 2.02. The lowest BCUT2D eigenvalue weighted by atomic mass is 10.4. The highest BCUT2D eigenvalue weighted by Crippen LogP contribution is 1.89. The van der Waals surface area contributed by atoms with Crippen molar-refractivity contribution in [2.75, 3.05) is 13.2 Å². The van der Waals surface area contributed by atoms with Gasteiger partial charge in [-0.1, -0.05) is 6.92 Å². The lowest BCUT2D eigenvalue weighted by Gasteiger charge is -2.03. The van der Waals surface area contributed by atoms with E-state index in [9.17, 15) is 9.59 Å². The fraction of sp³-hybridized carbons (Fsp3) is 0.600. The number of hydrogen-bond acceptors (Lipinski definition) is 5. The van der Waals surface area contributed by atoms with E-state index in [1.807, 2.05) is 6.92 Å². The lowest BCUT2D eigenvalue weighted by molar-refractivity contribution is -0.142. The van der Waals surface area contributed by atoms with E-state index in [4.69, 9.17) is 5.11 Å². The van der Waals surface area contributed by atoms with E-state index in [0.717, 1.165) is 18.6 Å². The monoisotopic (exact) mass is 216 g/mol. The molecule has 1 unspecified atom stereocenters. The van der Waals surface area contributed by atoms with E-state index < -0.39 is 18.0 Å². The maximum absolute atomic E-state index is 10.9. The number of esters is 2. The summed E-state index contributed by atoms with van der Waals surface area (Å²) in [6.45, 7) is 3.60. The van der Waals surface area contributed by atoms with Crippen molar-refractivity contribution < 1.29 is 24.2 Å². The molecule has 5 heteroatoms. The first-order chi connectivity index (χ1) is 7.06. The summed E-state index contributed by atoms with van der Waals surface area (Å²) in [5.74, 6) is -1.25. The van der Waals surface area contributed by atoms with Crippen molar-refractivity contribution in [3.63, 3.8) is 0 Å². The molecule has 0 spiro atoms. The molecule has 1 atom stereocenters. The Balaban J connectivity index is 3.74. The molecular formula is C10H16O5. The van der Waals surface area contributed by atoms with Gasteiger partial charge in [-0.15, -0.1) is 0 Å². The minimum absolute atomic E-state index is 0.0901. The number of aliphatic hydroxyl groups excluding tert-OH is 1. The minimum atomic E-state index is -0.714. The molecule has 0 bridgehead atoms. The fourth-order valence-corrected chi connectivity index (χ4v) is 0.638. The normalized spacial score (nSPS) is 12.5. The van der Waals surface area contributed by atoms with Gasteiger partial charge in [-0.3, -0.25) is 0 Å². The van der Waals surface area contributed by atoms with E-state index in [1.54, 1.807) is 0 Å². The molecule has 0 aliphatic carbocycles. The molecule has 1 N–H and O–H groups in total. The number of hydrogen-bond donors (Lipinski definition) is 1. The van der Waals surface area contributed by atoms with E-state index in [0.29, 0.717) is 6.61 Å². The van der Waals surface area contributed by atoms with Crippen molar-refractivity contribution in [3.05, 3.63) is 12.2 Å². The number of carbonyl (C=O) groups is 2. The first-order valence-corrected chi connectivity index (χ1v) is 4.76. The Morgan fingerprint density at radius 2 is 1.80 bits per heavy atom. The molecule has 5 nitrogen and oxygen atoms in total. The Bertz CT molecular complexity index is 232. The van der Waals surface area contributed by atoms with Crippen LogP contribution in [0.4, 0.5) is 0 Å². The average molecular weight is 216 g/mol. The smallest absolute Gasteiger partial charge is 0.331 e. The van der Waals surface area contributed by atoms with Crippen LogP contribution in [0.2, 0.25) is 0 Å². The molecule has 0 aromatic heterocycles. The maximum Gasteiger partial charge on any atom is 0.331 e. The summed E-state index contributed by atoms with van der Waals surface area (Å²) < 4.78 is 9.26. The zero-order chi connectivity index (χ0) is 11.7. The van der Waals surface area contributed by atoms with Crippen LogP contribution in [0.1, 0.15) is 20.3 Å². The van der Waals surface area contributed by atoms with Crippen molar-refractivity contribution in [2.45, 2.75) is 26.4 Å². The molecular weight excluding hydrogens is 200 g/mol. The Hall–Kier alpha value is -1.36. The van der Waals surface area contributed by atoms with Crippen LogP contribution in [0.3, 0.4) is 0 Å². The van der Waals surface area contributed by atoms with Crippen LogP contribution in [0.15, 0.2) is 12.2 Å². The number of rotatable bonds is 6. The van der Waals surface area contributed by atoms with Crippen LogP contribution in [0.5, 0.6) is 0 Å². The summed E-state index contributed by atoms with van der Waals surface area (Å²) >= 11 is 0. The van der Waals surface area contributed by atoms with Gasteiger partial charge in [0.05, 0.1) is 12.7 Å². The Kier molecular flexibility index (Phi) is 7.27. The van der Waals surface area contributed by atoms with E-state index in [2.05, 4.69) is 9.47 Å². The molecule has 0 amide bonds. The molecule has 0 fully saturated rings. The lowest BCUT2D eigenvalue weighted by Crippen LogP contribution is -2.14. The molecule has 0 aliphatic rings. The SMILES string of the molecule is CCCOC(=O)/C=C\C(=O)OCC(C)O. The van der Waals surface area contributed by atoms with Gasteiger partial charge in [0.1, 0.15) is 6.61 Å². The van der Waals surface area contributed by atoms with Crippen LogP contribution in [-0.2, 0) is 19.1 Å². The minimum Gasteiger partial charge on any atom is -0.463 e. The van der Waals surface area contributed by atoms with Gasteiger partial charge in [-0.05, 0) is 13.3 Å². The summed E-state index contributed by atoms with van der Waals surface area (Å²) in [5, 5.41) is 8.80. The third-order valence-corrected chi connectivity index (χ3v) is 1.27. The number of aliphatic hydroxyl groups is 1. The molecule has 86 valence electrons. The number of carbonyl (C=O) groups excluding carboxylic acids is 2. The maximum atomic E-state index is 10.9. The highest BCUT2D eigenvalue weighted by molar-refractivity contribution is 5.91. The summed E-state index contributed by atoms with van der Waals surface area (Å²) in [5.41, 5.74) is 0. The summed E-state index contributed by atoms with van der Waals surface area (Å²) in [7, 11) is 0. The molecule has 0 aromatic carbocycles. The standard InChI is InChI=1S/C10H16O5/c1-3-6-14-9(12)4-5-10(13)15-7-8(2)11/h4-5,8,11H,3,6-7H2,1-2H3/b5-4-. The molecule has 0 saturated carbocycles. The Morgan fingerprint density at radius 1 is 1.27 bits per heavy atom. The van der Waals surface area contributed by atoms with E-state index in [-0.39, 0.29) is 6.61 Å². The topological polar surface area (TPSA) is 72.8 Å². The zero-order valence-corrected chi connectivity index (χ0v) is 8.93. The van der Waals surface area contributed by atoms with Gasteiger partial charge in [0.25, 0.3) is 0 Å². The fourth-order valence-electron chi connectivity index (χ4n) is 0.638. The van der Waals surface area contributed by atoms with Crippen molar-refractivity contribution >= 4 is 11.9 Å². The predicted octanol–water partition coefficient (Wildman–Crippen LogP) is 0.420. The second kappa shape index (κ2) is 7.99. The average Bonchev–Trinajstić information content (AvgIpc) is 2.20. The van der Waals surface area contributed by atoms with Crippen LogP contribution >= 0.6 is 0 Å². The van der Waals surface area contributed by atoms with Gasteiger partial charge in [-0.25, -0.2) is 9.59 Å². The van der Waals surface area contributed by atoms with Crippen molar-refractivity contribution in [2.24, 2.45) is 0 Å². The summed E-state index contributed by atoms with van der Waals surface area (Å²) in [6.07, 6.45) is 1.99. The van der Waals surface area contributed by atoms with Gasteiger partial charge in [0, 0.05) is 12.2 Å². The van der Waals surface area contributed by atoms with Gasteiger partial charge < -0.3 is 14.6 Å². The largest absolute Gasteiger partial charge is 0.463 e.